The largest absolute Gasteiger partial charge is 0.381 e. The first-order chi connectivity index (χ1) is 6.38. The maximum absolute atomic E-state index is 5.37. The van der Waals surface area contributed by atoms with E-state index in [4.69, 9.17) is 9.47 Å². The minimum Gasteiger partial charge on any atom is -0.381 e. The van der Waals surface area contributed by atoms with Gasteiger partial charge in [-0.25, -0.2) is 0 Å². The quantitative estimate of drug-likeness (QED) is 0.326. The molecule has 0 radical (unpaired) electrons. The minimum absolute atomic E-state index is 0.313. The van der Waals surface area contributed by atoms with Gasteiger partial charge in [0.25, 0.3) is 0 Å². The highest BCUT2D eigenvalue weighted by Gasteiger charge is 2.34. The van der Waals surface area contributed by atoms with Crippen molar-refractivity contribution in [3.63, 3.8) is 0 Å². The van der Waals surface area contributed by atoms with E-state index in [0.29, 0.717) is 12.2 Å². The summed E-state index contributed by atoms with van der Waals surface area (Å²) < 4.78 is 10.7. The van der Waals surface area contributed by atoms with E-state index >= 15 is 0 Å². The zero-order valence-electron chi connectivity index (χ0n) is 8.08. The fourth-order valence-corrected chi connectivity index (χ4v) is 1.25. The Hall–Kier alpha value is -0.600. The van der Waals surface area contributed by atoms with Gasteiger partial charge in [-0.1, -0.05) is 12.2 Å². The third-order valence-corrected chi connectivity index (χ3v) is 2.10. The highest BCUT2D eigenvalue weighted by Crippen LogP contribution is 2.26. The average molecular weight is 182 g/mol. The van der Waals surface area contributed by atoms with Crippen molar-refractivity contribution in [2.75, 3.05) is 13.2 Å². The number of epoxide rings is 1. The predicted molar refractivity (Wildman–Crippen MR) is 53.7 cm³/mol. The molecule has 0 aromatic carbocycles. The Morgan fingerprint density at radius 1 is 1.31 bits per heavy atom. The Kier molecular flexibility index (Phi) is 4.79. The van der Waals surface area contributed by atoms with Gasteiger partial charge in [0.15, 0.2) is 0 Å². The van der Waals surface area contributed by atoms with E-state index in [1.165, 1.54) is 0 Å². The van der Waals surface area contributed by atoms with Crippen LogP contribution in [-0.4, -0.2) is 25.4 Å². The molecule has 0 aliphatic carbocycles. The summed E-state index contributed by atoms with van der Waals surface area (Å²) in [4.78, 5) is 0. The van der Waals surface area contributed by atoms with Crippen molar-refractivity contribution in [2.24, 2.45) is 0 Å². The first kappa shape index (κ1) is 10.5. The lowest BCUT2D eigenvalue weighted by atomic mass is 10.2. The van der Waals surface area contributed by atoms with Crippen LogP contribution in [-0.2, 0) is 9.47 Å². The van der Waals surface area contributed by atoms with Crippen LogP contribution in [0.4, 0.5) is 0 Å². The second kappa shape index (κ2) is 5.95. The molecular formula is C11H18O2. The Balaban J connectivity index is 1.80. The summed E-state index contributed by atoms with van der Waals surface area (Å²) in [5.74, 6) is 0. The predicted octanol–water partition coefficient (Wildman–Crippen LogP) is 2.31. The number of hydrogen-bond donors (Lipinski definition) is 0. The molecule has 1 aliphatic rings. The van der Waals surface area contributed by atoms with Gasteiger partial charge in [0.1, 0.15) is 6.10 Å². The first-order valence-corrected chi connectivity index (χ1v) is 4.85. The fraction of sp³-hybridized carbons (Fsp3) is 0.636. The molecular weight excluding hydrogens is 164 g/mol. The molecule has 13 heavy (non-hydrogen) atoms. The van der Waals surface area contributed by atoms with Crippen LogP contribution in [0.3, 0.4) is 0 Å². The van der Waals surface area contributed by atoms with Crippen LogP contribution in [0.5, 0.6) is 0 Å². The van der Waals surface area contributed by atoms with E-state index in [1.807, 2.05) is 12.2 Å². The molecule has 2 atom stereocenters. The molecule has 0 unspecified atom stereocenters. The standard InChI is InChI=1S/C11H18O2/c1-3-5-8-12-9-6-7-11-10(4-2)13-11/h3-4,10-11H,1-2,5-9H2/t10-,11+/m1/s1. The summed E-state index contributed by atoms with van der Waals surface area (Å²) in [5, 5.41) is 0. The molecule has 1 fully saturated rings. The van der Waals surface area contributed by atoms with Gasteiger partial charge in [-0.2, -0.15) is 0 Å². The van der Waals surface area contributed by atoms with Gasteiger partial charge < -0.3 is 9.47 Å². The monoisotopic (exact) mass is 182 g/mol. The normalized spacial score (nSPS) is 25.5. The molecule has 2 nitrogen and oxygen atoms in total. The zero-order chi connectivity index (χ0) is 9.52. The molecule has 0 amide bonds. The second-order valence-electron chi connectivity index (χ2n) is 3.21. The fourth-order valence-electron chi connectivity index (χ4n) is 1.25. The van der Waals surface area contributed by atoms with Crippen LogP contribution in [0.25, 0.3) is 0 Å². The van der Waals surface area contributed by atoms with Crippen LogP contribution in [0, 0.1) is 0 Å². The minimum atomic E-state index is 0.313. The van der Waals surface area contributed by atoms with Gasteiger partial charge in [0.2, 0.25) is 0 Å². The summed E-state index contributed by atoms with van der Waals surface area (Å²) in [6, 6.07) is 0. The SMILES string of the molecule is C=CCCOCCC[C@@H]1O[C@@H]1C=C. The van der Waals surface area contributed by atoms with Gasteiger partial charge >= 0.3 is 0 Å². The molecule has 0 aromatic rings. The Morgan fingerprint density at radius 2 is 2.15 bits per heavy atom. The average Bonchev–Trinajstić information content (AvgIpc) is 2.90. The van der Waals surface area contributed by atoms with Gasteiger partial charge in [0, 0.05) is 13.2 Å². The van der Waals surface area contributed by atoms with E-state index < -0.39 is 0 Å². The van der Waals surface area contributed by atoms with Crippen molar-refractivity contribution in [1.82, 2.24) is 0 Å². The number of ether oxygens (including phenoxy) is 2. The lowest BCUT2D eigenvalue weighted by Gasteiger charge is -2.00. The number of rotatable bonds is 8. The summed E-state index contributed by atoms with van der Waals surface area (Å²) >= 11 is 0. The van der Waals surface area contributed by atoms with Crippen LogP contribution in [0.2, 0.25) is 0 Å². The molecule has 0 N–H and O–H groups in total. The highest BCUT2D eigenvalue weighted by molar-refractivity contribution is 4.97. The van der Waals surface area contributed by atoms with Gasteiger partial charge in [-0.3, -0.25) is 0 Å². The van der Waals surface area contributed by atoms with Crippen LogP contribution in [0.15, 0.2) is 25.3 Å². The van der Waals surface area contributed by atoms with Crippen molar-refractivity contribution in [1.29, 1.82) is 0 Å². The molecule has 0 bridgehead atoms. The van der Waals surface area contributed by atoms with E-state index in [-0.39, 0.29) is 0 Å². The summed E-state index contributed by atoms with van der Waals surface area (Å²) in [5.41, 5.74) is 0. The summed E-state index contributed by atoms with van der Waals surface area (Å²) in [6.07, 6.45) is 7.57. The van der Waals surface area contributed by atoms with E-state index in [9.17, 15) is 0 Å². The smallest absolute Gasteiger partial charge is 0.102 e. The van der Waals surface area contributed by atoms with Crippen molar-refractivity contribution in [2.45, 2.75) is 31.5 Å². The Labute approximate surface area is 80.2 Å². The van der Waals surface area contributed by atoms with E-state index in [1.54, 1.807) is 0 Å². The molecule has 0 saturated carbocycles. The van der Waals surface area contributed by atoms with Gasteiger partial charge in [-0.15, -0.1) is 13.2 Å². The second-order valence-corrected chi connectivity index (χ2v) is 3.21. The zero-order valence-corrected chi connectivity index (χ0v) is 8.08. The molecule has 74 valence electrons. The van der Waals surface area contributed by atoms with Crippen LogP contribution < -0.4 is 0 Å². The first-order valence-electron chi connectivity index (χ1n) is 4.85. The van der Waals surface area contributed by atoms with E-state index in [0.717, 1.165) is 32.5 Å². The van der Waals surface area contributed by atoms with Crippen LogP contribution in [0.1, 0.15) is 19.3 Å². The van der Waals surface area contributed by atoms with Crippen molar-refractivity contribution < 1.29 is 9.47 Å². The van der Waals surface area contributed by atoms with Crippen molar-refractivity contribution in [3.05, 3.63) is 25.3 Å². The molecule has 1 rings (SSSR count). The lowest BCUT2D eigenvalue weighted by molar-refractivity contribution is 0.133. The Bertz CT molecular complexity index is 165. The maximum atomic E-state index is 5.37. The molecule has 0 aromatic heterocycles. The maximum Gasteiger partial charge on any atom is 0.102 e. The third-order valence-electron chi connectivity index (χ3n) is 2.10. The topological polar surface area (TPSA) is 21.8 Å². The van der Waals surface area contributed by atoms with E-state index in [2.05, 4.69) is 13.2 Å². The van der Waals surface area contributed by atoms with Crippen molar-refractivity contribution in [3.8, 4) is 0 Å². The summed E-state index contributed by atoms with van der Waals surface area (Å²) in [7, 11) is 0. The molecule has 1 aliphatic heterocycles. The summed E-state index contributed by atoms with van der Waals surface area (Å²) in [6.45, 7) is 8.92. The Morgan fingerprint density at radius 3 is 2.77 bits per heavy atom. The molecule has 2 heteroatoms. The molecule has 1 saturated heterocycles. The van der Waals surface area contributed by atoms with Gasteiger partial charge in [0.05, 0.1) is 6.10 Å². The third kappa shape index (κ3) is 4.25. The molecule has 1 heterocycles. The number of hydrogen-bond acceptors (Lipinski definition) is 2. The highest BCUT2D eigenvalue weighted by atomic mass is 16.6. The van der Waals surface area contributed by atoms with Crippen LogP contribution >= 0.6 is 0 Å². The van der Waals surface area contributed by atoms with Gasteiger partial charge in [-0.05, 0) is 19.3 Å². The molecule has 0 spiro atoms. The lowest BCUT2D eigenvalue weighted by Crippen LogP contribution is -1.98. The van der Waals surface area contributed by atoms with Crippen molar-refractivity contribution >= 4 is 0 Å².